The lowest BCUT2D eigenvalue weighted by molar-refractivity contribution is 0.0782. The highest BCUT2D eigenvalue weighted by atomic mass is 19.1. The summed E-state index contributed by atoms with van der Waals surface area (Å²) in [7, 11) is 0. The lowest BCUT2D eigenvalue weighted by atomic mass is 10.0. The number of likely N-dealkylation sites (tertiary alicyclic amines) is 1. The fourth-order valence-electron chi connectivity index (χ4n) is 2.75. The molecule has 1 aromatic rings. The Kier molecular flexibility index (Phi) is 5.35. The standard InChI is InChI=1S/C17H21FN2O/c1-2-4-14-8-10-20(12-14)17(21)15-11-13(5-3-9-19)6-7-16(15)18/h6-7,11,14H,2,4,8-10,12,19H2,1H3. The third kappa shape index (κ3) is 3.83. The maximum atomic E-state index is 13.9. The van der Waals surface area contributed by atoms with E-state index in [0.717, 1.165) is 25.8 Å². The molecule has 0 aromatic heterocycles. The molecule has 1 saturated heterocycles. The number of carbonyl (C=O) groups excluding carboxylic acids is 1. The summed E-state index contributed by atoms with van der Waals surface area (Å²) in [6, 6.07) is 4.39. The molecule has 112 valence electrons. The third-order valence-electron chi connectivity index (χ3n) is 3.80. The van der Waals surface area contributed by atoms with Crippen molar-refractivity contribution in [2.45, 2.75) is 26.2 Å². The molecule has 1 heterocycles. The van der Waals surface area contributed by atoms with E-state index in [0.29, 0.717) is 18.0 Å². The Hall–Kier alpha value is -1.86. The van der Waals surface area contributed by atoms with Crippen molar-refractivity contribution in [1.29, 1.82) is 0 Å². The minimum absolute atomic E-state index is 0.107. The fraction of sp³-hybridized carbons (Fsp3) is 0.471. The number of hydrogen-bond donors (Lipinski definition) is 1. The molecule has 0 bridgehead atoms. The highest BCUT2D eigenvalue weighted by Crippen LogP contribution is 2.23. The lowest BCUT2D eigenvalue weighted by Crippen LogP contribution is -2.29. The molecule has 1 unspecified atom stereocenters. The number of amides is 1. The minimum Gasteiger partial charge on any atom is -0.338 e. The molecule has 1 aliphatic heterocycles. The predicted octanol–water partition coefficient (Wildman–Crippen LogP) is 2.40. The van der Waals surface area contributed by atoms with Crippen LogP contribution in [0.2, 0.25) is 0 Å². The van der Waals surface area contributed by atoms with Crippen LogP contribution in [0.15, 0.2) is 18.2 Å². The van der Waals surface area contributed by atoms with Crippen molar-refractivity contribution in [3.8, 4) is 11.8 Å². The van der Waals surface area contributed by atoms with Crippen LogP contribution in [0.1, 0.15) is 42.1 Å². The maximum Gasteiger partial charge on any atom is 0.256 e. The monoisotopic (exact) mass is 288 g/mol. The highest BCUT2D eigenvalue weighted by molar-refractivity contribution is 5.95. The molecule has 2 N–H and O–H groups in total. The van der Waals surface area contributed by atoms with Gasteiger partial charge in [0.05, 0.1) is 12.1 Å². The summed E-state index contributed by atoms with van der Waals surface area (Å²) in [5.41, 5.74) is 6.05. The Bertz CT molecular complexity index is 574. The second kappa shape index (κ2) is 7.24. The van der Waals surface area contributed by atoms with Gasteiger partial charge in [-0.15, -0.1) is 0 Å². The molecular formula is C17H21FN2O. The normalized spacial score (nSPS) is 17.5. The molecule has 0 radical (unpaired) electrons. The van der Waals surface area contributed by atoms with Crippen molar-refractivity contribution in [3.05, 3.63) is 35.1 Å². The van der Waals surface area contributed by atoms with Gasteiger partial charge in [0.1, 0.15) is 5.82 Å². The second-order valence-electron chi connectivity index (χ2n) is 5.40. The molecule has 3 nitrogen and oxygen atoms in total. The van der Waals surface area contributed by atoms with Crippen LogP contribution < -0.4 is 5.73 Å². The van der Waals surface area contributed by atoms with Crippen LogP contribution in [0.3, 0.4) is 0 Å². The maximum absolute atomic E-state index is 13.9. The van der Waals surface area contributed by atoms with Gasteiger partial charge in [0, 0.05) is 18.7 Å². The van der Waals surface area contributed by atoms with E-state index in [-0.39, 0.29) is 18.0 Å². The van der Waals surface area contributed by atoms with Crippen LogP contribution in [0, 0.1) is 23.6 Å². The van der Waals surface area contributed by atoms with Crippen LogP contribution >= 0.6 is 0 Å². The van der Waals surface area contributed by atoms with Gasteiger partial charge in [0.2, 0.25) is 0 Å². The van der Waals surface area contributed by atoms with E-state index in [1.807, 2.05) is 0 Å². The molecule has 0 saturated carbocycles. The Labute approximate surface area is 125 Å². The SMILES string of the molecule is CCCC1CCN(C(=O)c2cc(C#CCN)ccc2F)C1. The van der Waals surface area contributed by atoms with Gasteiger partial charge in [-0.05, 0) is 37.0 Å². The summed E-state index contributed by atoms with van der Waals surface area (Å²) < 4.78 is 13.9. The van der Waals surface area contributed by atoms with Crippen molar-refractivity contribution < 1.29 is 9.18 Å². The highest BCUT2D eigenvalue weighted by Gasteiger charge is 2.27. The van der Waals surface area contributed by atoms with Crippen LogP contribution in [0.25, 0.3) is 0 Å². The molecule has 1 atom stereocenters. The summed E-state index contributed by atoms with van der Waals surface area (Å²) in [6.45, 7) is 3.82. The Morgan fingerprint density at radius 1 is 1.52 bits per heavy atom. The topological polar surface area (TPSA) is 46.3 Å². The van der Waals surface area contributed by atoms with Crippen LogP contribution in [-0.4, -0.2) is 30.4 Å². The third-order valence-corrected chi connectivity index (χ3v) is 3.80. The number of rotatable bonds is 3. The molecule has 1 aromatic carbocycles. The number of halogens is 1. The van der Waals surface area contributed by atoms with Gasteiger partial charge < -0.3 is 10.6 Å². The Balaban J connectivity index is 2.15. The van der Waals surface area contributed by atoms with Gasteiger partial charge in [-0.2, -0.15) is 0 Å². The zero-order valence-corrected chi connectivity index (χ0v) is 12.4. The van der Waals surface area contributed by atoms with Crippen LogP contribution in [-0.2, 0) is 0 Å². The number of nitrogens with two attached hydrogens (primary N) is 1. The van der Waals surface area contributed by atoms with Crippen molar-refractivity contribution in [3.63, 3.8) is 0 Å². The summed E-state index contributed by atoms with van der Waals surface area (Å²) in [5, 5.41) is 0. The van der Waals surface area contributed by atoms with E-state index in [9.17, 15) is 9.18 Å². The lowest BCUT2D eigenvalue weighted by Gasteiger charge is -2.17. The van der Waals surface area contributed by atoms with E-state index < -0.39 is 5.82 Å². The quantitative estimate of drug-likeness (QED) is 0.868. The molecule has 1 fully saturated rings. The zero-order valence-electron chi connectivity index (χ0n) is 12.4. The molecule has 0 spiro atoms. The summed E-state index contributed by atoms with van der Waals surface area (Å²) in [4.78, 5) is 14.2. The Morgan fingerprint density at radius 2 is 2.33 bits per heavy atom. The van der Waals surface area contributed by atoms with Crippen LogP contribution in [0.5, 0.6) is 0 Å². The average Bonchev–Trinajstić information content (AvgIpc) is 2.95. The van der Waals surface area contributed by atoms with Gasteiger partial charge in [-0.1, -0.05) is 25.2 Å². The molecule has 4 heteroatoms. The first-order valence-corrected chi connectivity index (χ1v) is 7.43. The van der Waals surface area contributed by atoms with Gasteiger partial charge >= 0.3 is 0 Å². The molecular weight excluding hydrogens is 267 g/mol. The minimum atomic E-state index is -0.489. The first-order chi connectivity index (χ1) is 10.2. The molecule has 1 aliphatic rings. The first-order valence-electron chi connectivity index (χ1n) is 7.43. The van der Waals surface area contributed by atoms with Crippen molar-refractivity contribution >= 4 is 5.91 Å². The molecule has 2 rings (SSSR count). The van der Waals surface area contributed by atoms with Crippen molar-refractivity contribution in [1.82, 2.24) is 4.90 Å². The first kappa shape index (κ1) is 15.5. The van der Waals surface area contributed by atoms with Crippen molar-refractivity contribution in [2.24, 2.45) is 11.7 Å². The fourth-order valence-corrected chi connectivity index (χ4v) is 2.75. The molecule has 0 aliphatic carbocycles. The smallest absolute Gasteiger partial charge is 0.256 e. The van der Waals surface area contributed by atoms with E-state index in [1.54, 1.807) is 11.0 Å². The zero-order chi connectivity index (χ0) is 15.2. The van der Waals surface area contributed by atoms with Crippen molar-refractivity contribution in [2.75, 3.05) is 19.6 Å². The molecule has 21 heavy (non-hydrogen) atoms. The van der Waals surface area contributed by atoms with Gasteiger partial charge in [0.15, 0.2) is 0 Å². The van der Waals surface area contributed by atoms with Gasteiger partial charge in [-0.3, -0.25) is 4.79 Å². The predicted molar refractivity (Wildman–Crippen MR) is 81.3 cm³/mol. The molecule has 1 amide bonds. The number of nitrogens with zero attached hydrogens (tertiary/aromatic N) is 1. The summed E-state index contributed by atoms with van der Waals surface area (Å²) in [5.74, 6) is 5.37. The van der Waals surface area contributed by atoms with E-state index >= 15 is 0 Å². The Morgan fingerprint density at radius 3 is 3.05 bits per heavy atom. The largest absolute Gasteiger partial charge is 0.338 e. The summed E-state index contributed by atoms with van der Waals surface area (Å²) in [6.07, 6.45) is 3.24. The number of hydrogen-bond acceptors (Lipinski definition) is 2. The average molecular weight is 288 g/mol. The number of carbonyl (C=O) groups is 1. The van der Waals surface area contributed by atoms with Crippen LogP contribution in [0.4, 0.5) is 4.39 Å². The summed E-state index contributed by atoms with van der Waals surface area (Å²) >= 11 is 0. The second-order valence-corrected chi connectivity index (χ2v) is 5.40. The van der Waals surface area contributed by atoms with E-state index in [2.05, 4.69) is 18.8 Å². The van der Waals surface area contributed by atoms with Gasteiger partial charge in [0.25, 0.3) is 5.91 Å². The number of benzene rings is 1. The van der Waals surface area contributed by atoms with E-state index in [4.69, 9.17) is 5.73 Å². The van der Waals surface area contributed by atoms with Gasteiger partial charge in [-0.25, -0.2) is 4.39 Å². The van der Waals surface area contributed by atoms with E-state index in [1.165, 1.54) is 12.1 Å².